The zero-order chi connectivity index (χ0) is 12.5. The predicted octanol–water partition coefficient (Wildman–Crippen LogP) is 3.74. The summed E-state index contributed by atoms with van der Waals surface area (Å²) < 4.78 is 44.9. The van der Waals surface area contributed by atoms with Crippen molar-refractivity contribution in [2.24, 2.45) is 0 Å². The van der Waals surface area contributed by atoms with E-state index in [0.717, 1.165) is 6.07 Å². The number of hydrogen-bond donors (Lipinski definition) is 0. The van der Waals surface area contributed by atoms with Crippen LogP contribution in [0, 0.1) is 13.8 Å². The van der Waals surface area contributed by atoms with E-state index in [4.69, 9.17) is 16.3 Å². The number of rotatable bonds is 2. The lowest BCUT2D eigenvalue weighted by molar-refractivity contribution is -0.274. The molecule has 1 rings (SSSR count). The minimum atomic E-state index is -4.75. The van der Waals surface area contributed by atoms with E-state index >= 15 is 0 Å². The van der Waals surface area contributed by atoms with Gasteiger partial charge in [0.05, 0.1) is 12.1 Å². The van der Waals surface area contributed by atoms with Crippen LogP contribution in [0.15, 0.2) is 6.07 Å². The first-order valence-corrected chi connectivity index (χ1v) is 4.59. The van der Waals surface area contributed by atoms with Crippen molar-refractivity contribution in [3.05, 3.63) is 29.1 Å². The summed E-state index contributed by atoms with van der Waals surface area (Å²) in [4.78, 5) is 0. The molecule has 0 aromatic heterocycles. The van der Waals surface area contributed by atoms with Crippen LogP contribution < -0.4 is 9.47 Å². The lowest BCUT2D eigenvalue weighted by Crippen LogP contribution is -2.18. The molecule has 0 N–H and O–H groups in total. The number of methoxy groups -OCH3 is 1. The van der Waals surface area contributed by atoms with E-state index in [1.165, 1.54) is 14.0 Å². The van der Waals surface area contributed by atoms with Crippen molar-refractivity contribution >= 4 is 11.6 Å². The molecule has 0 spiro atoms. The Morgan fingerprint density at radius 1 is 1.31 bits per heavy atom. The van der Waals surface area contributed by atoms with Crippen molar-refractivity contribution in [3.63, 3.8) is 0 Å². The molecule has 0 heterocycles. The third-order valence-corrected chi connectivity index (χ3v) is 2.43. The van der Waals surface area contributed by atoms with Gasteiger partial charge in [-0.05, 0) is 25.0 Å². The molecule has 1 aromatic carbocycles. The Morgan fingerprint density at radius 2 is 1.88 bits per heavy atom. The van der Waals surface area contributed by atoms with Crippen molar-refractivity contribution in [3.8, 4) is 11.5 Å². The summed E-state index contributed by atoms with van der Waals surface area (Å²) in [5, 5.41) is 0.175. The Balaban J connectivity index is 3.25. The summed E-state index contributed by atoms with van der Waals surface area (Å²) in [6.45, 7) is 5.00. The summed E-state index contributed by atoms with van der Waals surface area (Å²) in [6, 6.07) is 1.08. The Labute approximate surface area is 95.9 Å². The van der Waals surface area contributed by atoms with Gasteiger partial charge in [0.1, 0.15) is 11.5 Å². The predicted molar refractivity (Wildman–Crippen MR) is 53.9 cm³/mol. The van der Waals surface area contributed by atoms with Crippen LogP contribution in [0.1, 0.15) is 11.1 Å². The van der Waals surface area contributed by atoms with Crippen molar-refractivity contribution in [2.75, 3.05) is 7.11 Å². The third kappa shape index (κ3) is 2.72. The summed E-state index contributed by atoms with van der Waals surface area (Å²) >= 11 is 5.82. The van der Waals surface area contributed by atoms with Gasteiger partial charge in [-0.15, -0.1) is 13.2 Å². The van der Waals surface area contributed by atoms with E-state index in [9.17, 15) is 13.2 Å². The molecule has 0 saturated heterocycles. The maximum Gasteiger partial charge on any atom is 0.573 e. The molecule has 1 radical (unpaired) electrons. The summed E-state index contributed by atoms with van der Waals surface area (Å²) in [5.74, 6) is -0.268. The molecule has 0 amide bonds. The third-order valence-electron chi connectivity index (χ3n) is 2.01. The van der Waals surface area contributed by atoms with Crippen LogP contribution in [-0.2, 0) is 0 Å². The van der Waals surface area contributed by atoms with Crippen LogP contribution in [-0.4, -0.2) is 13.5 Å². The van der Waals surface area contributed by atoms with Gasteiger partial charge in [0.15, 0.2) is 0 Å². The molecule has 16 heavy (non-hydrogen) atoms. The minimum absolute atomic E-state index is 0.0940. The second-order valence-electron chi connectivity index (χ2n) is 3.04. The van der Waals surface area contributed by atoms with Crippen LogP contribution >= 0.6 is 11.6 Å². The van der Waals surface area contributed by atoms with Crippen LogP contribution in [0.5, 0.6) is 11.5 Å². The molecule has 0 saturated carbocycles. The highest BCUT2D eigenvalue weighted by atomic mass is 35.5. The Hall–Kier alpha value is -1.10. The van der Waals surface area contributed by atoms with Crippen molar-refractivity contribution in [1.29, 1.82) is 0 Å². The first-order valence-electron chi connectivity index (χ1n) is 4.21. The number of halogens is 4. The maximum atomic E-state index is 12.1. The molecule has 6 heteroatoms. The van der Waals surface area contributed by atoms with Gasteiger partial charge in [-0.25, -0.2) is 0 Å². The SMILES string of the molecule is [CH2]c1c(C)c(OC(F)(F)F)cc(OC)c1Cl. The second kappa shape index (κ2) is 4.41. The van der Waals surface area contributed by atoms with Crippen LogP contribution in [0.2, 0.25) is 5.02 Å². The highest BCUT2D eigenvalue weighted by molar-refractivity contribution is 6.33. The molecule has 0 aliphatic heterocycles. The molecule has 0 bridgehead atoms. The lowest BCUT2D eigenvalue weighted by Gasteiger charge is -2.15. The Bertz CT molecular complexity index is 402. The van der Waals surface area contributed by atoms with Gasteiger partial charge in [0.25, 0.3) is 0 Å². The summed E-state index contributed by atoms with van der Waals surface area (Å²) in [6.07, 6.45) is -4.75. The average Bonchev–Trinajstić information content (AvgIpc) is 2.17. The van der Waals surface area contributed by atoms with E-state index in [1.54, 1.807) is 0 Å². The van der Waals surface area contributed by atoms with Gasteiger partial charge in [-0.1, -0.05) is 11.6 Å². The number of hydrogen-bond acceptors (Lipinski definition) is 2. The molecule has 0 fully saturated rings. The van der Waals surface area contributed by atoms with Gasteiger partial charge in [0, 0.05) is 6.07 Å². The summed E-state index contributed by atoms with van der Waals surface area (Å²) in [7, 11) is 1.30. The second-order valence-corrected chi connectivity index (χ2v) is 3.42. The zero-order valence-corrected chi connectivity index (χ0v) is 9.37. The van der Waals surface area contributed by atoms with E-state index < -0.39 is 6.36 Å². The first-order chi connectivity index (χ1) is 7.26. The fourth-order valence-corrected chi connectivity index (χ4v) is 1.41. The maximum absolute atomic E-state index is 12.1. The molecule has 0 aliphatic rings. The van der Waals surface area contributed by atoms with Gasteiger partial charge in [0.2, 0.25) is 0 Å². The minimum Gasteiger partial charge on any atom is -0.495 e. The van der Waals surface area contributed by atoms with Crippen molar-refractivity contribution < 1.29 is 22.6 Å². The Kier molecular flexibility index (Phi) is 3.57. The zero-order valence-electron chi connectivity index (χ0n) is 8.61. The molecule has 0 unspecified atom stereocenters. The fraction of sp³-hybridized carbons (Fsp3) is 0.300. The van der Waals surface area contributed by atoms with E-state index in [-0.39, 0.29) is 27.6 Å². The Morgan fingerprint density at radius 3 is 2.31 bits per heavy atom. The molecular formula is C10H9ClF3O2. The standard InChI is InChI=1S/C10H9ClF3O2/c1-5-6(2)9(11)8(15-3)4-7(5)16-10(12,13)14/h4H,2H2,1,3H3. The fourth-order valence-electron chi connectivity index (χ4n) is 1.13. The van der Waals surface area contributed by atoms with Crippen LogP contribution in [0.3, 0.4) is 0 Å². The number of alkyl halides is 3. The van der Waals surface area contributed by atoms with E-state index in [1.807, 2.05) is 0 Å². The van der Waals surface area contributed by atoms with Crippen molar-refractivity contribution in [2.45, 2.75) is 13.3 Å². The van der Waals surface area contributed by atoms with E-state index in [2.05, 4.69) is 11.7 Å². The smallest absolute Gasteiger partial charge is 0.495 e. The highest BCUT2D eigenvalue weighted by Crippen LogP contribution is 2.38. The highest BCUT2D eigenvalue weighted by Gasteiger charge is 2.32. The molecule has 0 atom stereocenters. The summed E-state index contributed by atoms with van der Waals surface area (Å²) in [5.41, 5.74) is 0.475. The molecular weight excluding hydrogens is 245 g/mol. The monoisotopic (exact) mass is 253 g/mol. The van der Waals surface area contributed by atoms with Gasteiger partial charge < -0.3 is 9.47 Å². The van der Waals surface area contributed by atoms with Crippen LogP contribution in [0.25, 0.3) is 0 Å². The quantitative estimate of drug-likeness (QED) is 0.799. The van der Waals surface area contributed by atoms with Gasteiger partial charge in [-0.3, -0.25) is 0 Å². The van der Waals surface area contributed by atoms with E-state index in [0.29, 0.717) is 0 Å². The number of benzene rings is 1. The first kappa shape index (κ1) is 13.0. The van der Waals surface area contributed by atoms with Crippen molar-refractivity contribution in [1.82, 2.24) is 0 Å². The van der Waals surface area contributed by atoms with Gasteiger partial charge in [-0.2, -0.15) is 0 Å². The van der Waals surface area contributed by atoms with Crippen LogP contribution in [0.4, 0.5) is 13.2 Å². The van der Waals surface area contributed by atoms with Gasteiger partial charge >= 0.3 is 6.36 Å². The average molecular weight is 254 g/mol. The topological polar surface area (TPSA) is 18.5 Å². The number of ether oxygens (including phenoxy) is 2. The normalized spacial score (nSPS) is 11.4. The molecule has 0 aliphatic carbocycles. The lowest BCUT2D eigenvalue weighted by atomic mass is 10.1. The molecule has 89 valence electrons. The largest absolute Gasteiger partial charge is 0.573 e. The molecule has 1 aromatic rings. The molecule has 2 nitrogen and oxygen atoms in total.